The molecule has 0 radical (unpaired) electrons. The van der Waals surface area contributed by atoms with E-state index >= 15 is 0 Å². The number of amides is 3. The Morgan fingerprint density at radius 3 is 2.43 bits per heavy atom. The van der Waals surface area contributed by atoms with E-state index in [0.717, 1.165) is 34.0 Å². The van der Waals surface area contributed by atoms with E-state index in [0.29, 0.717) is 11.6 Å². The highest BCUT2D eigenvalue weighted by atomic mass is 35.5. The predicted molar refractivity (Wildman–Crippen MR) is 116 cm³/mol. The molecule has 7 heteroatoms. The molecule has 3 amide bonds. The van der Waals surface area contributed by atoms with Crippen LogP contribution in [0.15, 0.2) is 60.3 Å². The van der Waals surface area contributed by atoms with Crippen LogP contribution in [0.1, 0.15) is 22.5 Å². The van der Waals surface area contributed by atoms with Crippen molar-refractivity contribution in [1.29, 1.82) is 0 Å². The normalized spacial score (nSPS) is 14.7. The largest absolute Gasteiger partial charge is 0.489 e. The molecule has 0 unspecified atom stereocenters. The maximum atomic E-state index is 11.8. The first-order valence-electron chi connectivity index (χ1n) is 9.42. The molecule has 3 aromatic rings. The summed E-state index contributed by atoms with van der Waals surface area (Å²) in [5.41, 5.74) is 4.97. The molecule has 1 fully saturated rings. The van der Waals surface area contributed by atoms with E-state index in [1.165, 1.54) is 0 Å². The number of nitrogens with zero attached hydrogens (tertiary/aromatic N) is 1. The lowest BCUT2D eigenvalue weighted by atomic mass is 10.2. The Hall–Kier alpha value is -3.51. The third-order valence-electron chi connectivity index (χ3n) is 4.94. The van der Waals surface area contributed by atoms with Crippen molar-refractivity contribution in [1.82, 2.24) is 15.2 Å². The number of rotatable bonds is 5. The molecule has 0 saturated carbocycles. The lowest BCUT2D eigenvalue weighted by Crippen LogP contribution is -2.22. The van der Waals surface area contributed by atoms with Crippen molar-refractivity contribution in [3.8, 4) is 11.4 Å². The lowest BCUT2D eigenvalue weighted by Gasteiger charge is -2.12. The van der Waals surface area contributed by atoms with Gasteiger partial charge < -0.3 is 14.6 Å². The first-order valence-corrected chi connectivity index (χ1v) is 9.80. The fourth-order valence-corrected chi connectivity index (χ4v) is 3.63. The van der Waals surface area contributed by atoms with Crippen molar-refractivity contribution < 1.29 is 14.3 Å². The number of urea groups is 1. The second kappa shape index (κ2) is 8.08. The molecule has 30 heavy (non-hydrogen) atoms. The monoisotopic (exact) mass is 421 g/mol. The fourth-order valence-electron chi connectivity index (χ4n) is 3.44. The van der Waals surface area contributed by atoms with E-state index in [1.807, 2.05) is 68.4 Å². The summed E-state index contributed by atoms with van der Waals surface area (Å²) in [5.74, 6) is 0.318. The summed E-state index contributed by atoms with van der Waals surface area (Å²) in [5, 5.41) is 5.40. The summed E-state index contributed by atoms with van der Waals surface area (Å²) in [7, 11) is 0. The molecule has 1 aromatic heterocycles. The second-order valence-electron chi connectivity index (χ2n) is 7.00. The van der Waals surface area contributed by atoms with Gasteiger partial charge in [0.2, 0.25) is 0 Å². The summed E-state index contributed by atoms with van der Waals surface area (Å²) < 4.78 is 7.93. The minimum Gasteiger partial charge on any atom is -0.489 e. The predicted octanol–water partition coefficient (Wildman–Crippen LogP) is 4.51. The van der Waals surface area contributed by atoms with E-state index in [-0.39, 0.29) is 5.70 Å². The molecule has 6 nitrogen and oxygen atoms in total. The van der Waals surface area contributed by atoms with E-state index in [9.17, 15) is 9.59 Å². The van der Waals surface area contributed by atoms with E-state index in [4.69, 9.17) is 16.3 Å². The van der Waals surface area contributed by atoms with Crippen LogP contribution in [0.5, 0.6) is 5.75 Å². The number of halogens is 1. The molecule has 0 aliphatic carbocycles. The number of carbonyl (C=O) groups is 2. The quantitative estimate of drug-likeness (QED) is 0.470. The molecule has 0 bridgehead atoms. The molecular weight excluding hydrogens is 402 g/mol. The Morgan fingerprint density at radius 1 is 1.03 bits per heavy atom. The van der Waals surface area contributed by atoms with Crippen LogP contribution in [-0.4, -0.2) is 16.5 Å². The van der Waals surface area contributed by atoms with Gasteiger partial charge in [-0.05, 0) is 61.9 Å². The third kappa shape index (κ3) is 3.95. The van der Waals surface area contributed by atoms with Crippen LogP contribution in [0, 0.1) is 13.8 Å². The number of hydrogen-bond donors (Lipinski definition) is 2. The summed E-state index contributed by atoms with van der Waals surface area (Å²) in [6, 6.07) is 16.8. The molecule has 2 aromatic carbocycles. The Morgan fingerprint density at radius 2 is 1.77 bits per heavy atom. The molecule has 2 heterocycles. The Kier molecular flexibility index (Phi) is 5.33. The van der Waals surface area contributed by atoms with E-state index in [1.54, 1.807) is 6.08 Å². The van der Waals surface area contributed by atoms with Gasteiger partial charge in [0.05, 0.1) is 0 Å². The van der Waals surface area contributed by atoms with Crippen LogP contribution in [0.25, 0.3) is 11.8 Å². The number of imide groups is 1. The summed E-state index contributed by atoms with van der Waals surface area (Å²) in [6.07, 6.45) is 1.68. The molecule has 1 aliphatic rings. The third-order valence-corrected chi connectivity index (χ3v) is 5.31. The topological polar surface area (TPSA) is 72.4 Å². The number of aromatic nitrogens is 1. The zero-order valence-corrected chi connectivity index (χ0v) is 17.3. The number of nitrogens with one attached hydrogen (secondary N) is 2. The Labute approximate surface area is 179 Å². The molecule has 2 N–H and O–H groups in total. The number of ether oxygens (including phenoxy) is 1. The summed E-state index contributed by atoms with van der Waals surface area (Å²) >= 11 is 6.17. The van der Waals surface area contributed by atoms with Crippen molar-refractivity contribution in [3.63, 3.8) is 0 Å². The van der Waals surface area contributed by atoms with Gasteiger partial charge in [0.1, 0.15) is 18.1 Å². The van der Waals surface area contributed by atoms with Crippen molar-refractivity contribution >= 4 is 29.6 Å². The standard InChI is InChI=1S/C23H20ClN3O3/c1-14-11-17(12-21-22(28)26-23(29)25-21)15(2)27(14)18-7-9-19(10-8-18)30-13-16-5-3-4-6-20(16)24/h3-12H,13H2,1-2H3,(H2,25,26,28,29)/b21-12+. The molecular formula is C23H20ClN3O3. The van der Waals surface area contributed by atoms with Crippen LogP contribution < -0.4 is 15.4 Å². The second-order valence-corrected chi connectivity index (χ2v) is 7.41. The number of hydrogen-bond acceptors (Lipinski definition) is 3. The molecule has 1 saturated heterocycles. The minimum absolute atomic E-state index is 0.239. The maximum absolute atomic E-state index is 11.8. The van der Waals surface area contributed by atoms with Gasteiger partial charge in [-0.2, -0.15) is 0 Å². The smallest absolute Gasteiger partial charge is 0.326 e. The van der Waals surface area contributed by atoms with Crippen LogP contribution in [0.2, 0.25) is 5.02 Å². The van der Waals surface area contributed by atoms with Gasteiger partial charge >= 0.3 is 6.03 Å². The summed E-state index contributed by atoms with van der Waals surface area (Å²) in [6.45, 7) is 4.35. The van der Waals surface area contributed by atoms with Gasteiger partial charge in [-0.3, -0.25) is 10.1 Å². The highest BCUT2D eigenvalue weighted by Gasteiger charge is 2.23. The van der Waals surface area contributed by atoms with Crippen LogP contribution in [-0.2, 0) is 11.4 Å². The SMILES string of the molecule is Cc1cc(/C=C2/NC(=O)NC2=O)c(C)n1-c1ccc(OCc2ccccc2Cl)cc1. The summed E-state index contributed by atoms with van der Waals surface area (Å²) in [4.78, 5) is 23.1. The number of aryl methyl sites for hydroxylation is 1. The first-order chi connectivity index (χ1) is 14.4. The van der Waals surface area contributed by atoms with Gasteiger partial charge in [0, 0.05) is 27.7 Å². The molecule has 1 aliphatic heterocycles. The number of carbonyl (C=O) groups excluding carboxylic acids is 2. The Bertz CT molecular complexity index is 1160. The van der Waals surface area contributed by atoms with Gasteiger partial charge in [0.25, 0.3) is 5.91 Å². The van der Waals surface area contributed by atoms with Gasteiger partial charge in [0.15, 0.2) is 0 Å². The van der Waals surface area contributed by atoms with Crippen molar-refractivity contribution in [2.24, 2.45) is 0 Å². The lowest BCUT2D eigenvalue weighted by molar-refractivity contribution is -0.115. The zero-order valence-electron chi connectivity index (χ0n) is 16.5. The zero-order chi connectivity index (χ0) is 21.3. The average Bonchev–Trinajstić information content (AvgIpc) is 3.19. The molecule has 4 rings (SSSR count). The average molecular weight is 422 g/mol. The molecule has 0 spiro atoms. The highest BCUT2D eigenvalue weighted by molar-refractivity contribution is 6.31. The van der Waals surface area contributed by atoms with Crippen molar-refractivity contribution in [3.05, 3.63) is 87.8 Å². The van der Waals surface area contributed by atoms with Crippen molar-refractivity contribution in [2.45, 2.75) is 20.5 Å². The van der Waals surface area contributed by atoms with Crippen molar-refractivity contribution in [2.75, 3.05) is 0 Å². The van der Waals surface area contributed by atoms with E-state index < -0.39 is 11.9 Å². The van der Waals surface area contributed by atoms with Crippen LogP contribution in [0.3, 0.4) is 0 Å². The molecule has 152 valence electrons. The maximum Gasteiger partial charge on any atom is 0.326 e. The van der Waals surface area contributed by atoms with Gasteiger partial charge in [-0.1, -0.05) is 29.8 Å². The van der Waals surface area contributed by atoms with Gasteiger partial charge in [-0.15, -0.1) is 0 Å². The fraction of sp³-hybridized carbons (Fsp3) is 0.130. The van der Waals surface area contributed by atoms with E-state index in [2.05, 4.69) is 15.2 Å². The first kappa shape index (κ1) is 19.8. The Balaban J connectivity index is 1.54. The van der Waals surface area contributed by atoms with Crippen LogP contribution >= 0.6 is 11.6 Å². The highest BCUT2D eigenvalue weighted by Crippen LogP contribution is 2.25. The number of benzene rings is 2. The molecule has 0 atom stereocenters. The minimum atomic E-state index is -0.507. The van der Waals surface area contributed by atoms with Gasteiger partial charge in [-0.25, -0.2) is 4.79 Å². The van der Waals surface area contributed by atoms with Crippen LogP contribution in [0.4, 0.5) is 4.79 Å².